The van der Waals surface area contributed by atoms with Gasteiger partial charge in [0.15, 0.2) is 0 Å². The number of benzene rings is 2. The van der Waals surface area contributed by atoms with Crippen LogP contribution in [0.4, 0.5) is 15.8 Å². The van der Waals surface area contributed by atoms with Crippen molar-refractivity contribution in [2.75, 3.05) is 18.5 Å². The molecule has 0 saturated heterocycles. The predicted octanol–water partition coefficient (Wildman–Crippen LogP) is 4.56. The van der Waals surface area contributed by atoms with Crippen LogP contribution in [0.3, 0.4) is 0 Å². The van der Waals surface area contributed by atoms with Crippen LogP contribution in [-0.2, 0) is 6.42 Å². The van der Waals surface area contributed by atoms with Gasteiger partial charge in [0.2, 0.25) is 0 Å². The van der Waals surface area contributed by atoms with Gasteiger partial charge in [0, 0.05) is 22.7 Å². The highest BCUT2D eigenvalue weighted by Crippen LogP contribution is 2.39. The smallest absolute Gasteiger partial charge is 0.125 e. The van der Waals surface area contributed by atoms with Gasteiger partial charge in [-0.2, -0.15) is 0 Å². The van der Waals surface area contributed by atoms with Crippen molar-refractivity contribution in [1.82, 2.24) is 5.32 Å². The number of fused-ring (bicyclic) bond motifs is 1. The summed E-state index contributed by atoms with van der Waals surface area (Å²) in [6, 6.07) is 11.7. The lowest BCUT2D eigenvalue weighted by Crippen LogP contribution is -2.15. The molecule has 0 amide bonds. The number of hydrogen-bond acceptors (Lipinski definition) is 2. The molecule has 0 saturated carbocycles. The lowest BCUT2D eigenvalue weighted by Gasteiger charge is -2.22. The minimum Gasteiger partial charge on any atom is -0.340 e. The van der Waals surface area contributed by atoms with Gasteiger partial charge in [0.05, 0.1) is 5.69 Å². The fourth-order valence-corrected chi connectivity index (χ4v) is 3.39. The fourth-order valence-electron chi connectivity index (χ4n) is 2.78. The Kier molecular flexibility index (Phi) is 4.00. The van der Waals surface area contributed by atoms with Gasteiger partial charge in [0.1, 0.15) is 5.82 Å². The first-order chi connectivity index (χ1) is 10.1. The minimum absolute atomic E-state index is 0.183. The van der Waals surface area contributed by atoms with Crippen LogP contribution in [0.5, 0.6) is 0 Å². The van der Waals surface area contributed by atoms with E-state index in [-0.39, 0.29) is 5.82 Å². The highest BCUT2D eigenvalue weighted by molar-refractivity contribution is 9.10. The Labute approximate surface area is 133 Å². The Bertz CT molecular complexity index is 672. The first kappa shape index (κ1) is 14.5. The summed E-state index contributed by atoms with van der Waals surface area (Å²) in [4.78, 5) is 2.18. The van der Waals surface area contributed by atoms with Gasteiger partial charge in [-0.1, -0.05) is 12.1 Å². The summed E-state index contributed by atoms with van der Waals surface area (Å²) in [5.74, 6) is -0.183. The summed E-state index contributed by atoms with van der Waals surface area (Å²) in [5.41, 5.74) is 4.50. The van der Waals surface area contributed by atoms with Crippen molar-refractivity contribution in [3.05, 3.63) is 57.8 Å². The maximum atomic E-state index is 13.5. The summed E-state index contributed by atoms with van der Waals surface area (Å²) in [7, 11) is 1.95. The van der Waals surface area contributed by atoms with Crippen molar-refractivity contribution in [3.63, 3.8) is 0 Å². The third-order valence-electron chi connectivity index (χ3n) is 4.14. The second kappa shape index (κ2) is 5.78. The molecule has 0 bridgehead atoms. The molecule has 1 heterocycles. The molecule has 2 aromatic rings. The van der Waals surface area contributed by atoms with Crippen LogP contribution in [0, 0.1) is 5.82 Å². The van der Waals surface area contributed by atoms with Crippen LogP contribution >= 0.6 is 15.9 Å². The Hall–Kier alpha value is -1.39. The zero-order valence-corrected chi connectivity index (χ0v) is 13.7. The molecule has 0 aromatic heterocycles. The Morgan fingerprint density at radius 2 is 2.00 bits per heavy atom. The second-order valence-corrected chi connectivity index (χ2v) is 6.25. The minimum atomic E-state index is -0.183. The SMILES string of the molecule is CNC(C)c1ccc(N2CCc3ccc(F)cc32)c(Br)c1. The lowest BCUT2D eigenvalue weighted by molar-refractivity contribution is 0.628. The van der Waals surface area contributed by atoms with E-state index in [0.29, 0.717) is 6.04 Å². The molecule has 0 radical (unpaired) electrons. The molecule has 1 aliphatic heterocycles. The molecule has 1 aliphatic rings. The Balaban J connectivity index is 1.98. The molecule has 0 spiro atoms. The Morgan fingerprint density at radius 3 is 2.71 bits per heavy atom. The molecule has 21 heavy (non-hydrogen) atoms. The fraction of sp³-hybridized carbons (Fsp3) is 0.294. The molecule has 1 unspecified atom stereocenters. The van der Waals surface area contributed by atoms with Gasteiger partial charge >= 0.3 is 0 Å². The third kappa shape index (κ3) is 2.70. The van der Waals surface area contributed by atoms with Gasteiger partial charge in [0.25, 0.3) is 0 Å². The van der Waals surface area contributed by atoms with E-state index < -0.39 is 0 Å². The average molecular weight is 349 g/mol. The van der Waals surface area contributed by atoms with E-state index in [1.807, 2.05) is 13.1 Å². The van der Waals surface area contributed by atoms with Gasteiger partial charge < -0.3 is 10.2 Å². The largest absolute Gasteiger partial charge is 0.340 e. The van der Waals surface area contributed by atoms with Crippen LogP contribution in [0.25, 0.3) is 0 Å². The van der Waals surface area contributed by atoms with Crippen LogP contribution in [-0.4, -0.2) is 13.6 Å². The summed E-state index contributed by atoms with van der Waals surface area (Å²) >= 11 is 3.66. The molecule has 0 aliphatic carbocycles. The molecule has 4 heteroatoms. The van der Waals surface area contributed by atoms with E-state index in [4.69, 9.17) is 0 Å². The first-order valence-corrected chi connectivity index (χ1v) is 7.92. The van der Waals surface area contributed by atoms with E-state index >= 15 is 0 Å². The average Bonchev–Trinajstić information content (AvgIpc) is 2.89. The second-order valence-electron chi connectivity index (χ2n) is 5.40. The normalized spacial score (nSPS) is 15.1. The van der Waals surface area contributed by atoms with Crippen molar-refractivity contribution in [2.24, 2.45) is 0 Å². The number of rotatable bonds is 3. The van der Waals surface area contributed by atoms with Crippen molar-refractivity contribution >= 4 is 27.3 Å². The molecule has 110 valence electrons. The zero-order valence-electron chi connectivity index (χ0n) is 12.2. The lowest BCUT2D eigenvalue weighted by atomic mass is 10.1. The van der Waals surface area contributed by atoms with Crippen LogP contribution in [0.1, 0.15) is 24.1 Å². The van der Waals surface area contributed by atoms with Crippen LogP contribution in [0.15, 0.2) is 40.9 Å². The van der Waals surface area contributed by atoms with Crippen molar-refractivity contribution in [1.29, 1.82) is 0 Å². The van der Waals surface area contributed by atoms with E-state index in [9.17, 15) is 4.39 Å². The molecular weight excluding hydrogens is 331 g/mol. The highest BCUT2D eigenvalue weighted by atomic mass is 79.9. The standard InChI is InChI=1S/C17H18BrFN2/c1-11(20-2)13-4-6-16(15(18)9-13)21-8-7-12-3-5-14(19)10-17(12)21/h3-6,9-11,20H,7-8H2,1-2H3. The number of hydrogen-bond donors (Lipinski definition) is 1. The summed E-state index contributed by atoms with van der Waals surface area (Å²) < 4.78 is 14.6. The maximum Gasteiger partial charge on any atom is 0.125 e. The van der Waals surface area contributed by atoms with Gasteiger partial charge in [-0.05, 0) is 71.7 Å². The van der Waals surface area contributed by atoms with Crippen molar-refractivity contribution in [3.8, 4) is 0 Å². The topological polar surface area (TPSA) is 15.3 Å². The maximum absolute atomic E-state index is 13.5. The number of anilines is 2. The van der Waals surface area contributed by atoms with Gasteiger partial charge in [-0.25, -0.2) is 4.39 Å². The molecular formula is C17H18BrFN2. The third-order valence-corrected chi connectivity index (χ3v) is 4.77. The quantitative estimate of drug-likeness (QED) is 0.874. The number of nitrogens with one attached hydrogen (secondary N) is 1. The van der Waals surface area contributed by atoms with E-state index in [0.717, 1.165) is 28.8 Å². The number of halogens is 2. The Morgan fingerprint density at radius 1 is 1.19 bits per heavy atom. The molecule has 0 fully saturated rings. The van der Waals surface area contributed by atoms with Gasteiger partial charge in [-0.15, -0.1) is 0 Å². The van der Waals surface area contributed by atoms with E-state index in [1.165, 1.54) is 17.2 Å². The summed E-state index contributed by atoms with van der Waals surface area (Å²) in [6.45, 7) is 3.01. The van der Waals surface area contributed by atoms with Gasteiger partial charge in [-0.3, -0.25) is 0 Å². The van der Waals surface area contributed by atoms with E-state index in [2.05, 4.69) is 51.3 Å². The van der Waals surface area contributed by atoms with Crippen LogP contribution in [0.2, 0.25) is 0 Å². The zero-order chi connectivity index (χ0) is 15.0. The monoisotopic (exact) mass is 348 g/mol. The first-order valence-electron chi connectivity index (χ1n) is 7.13. The summed E-state index contributed by atoms with van der Waals surface area (Å²) in [6.07, 6.45) is 0.955. The molecule has 1 atom stereocenters. The number of nitrogens with zero attached hydrogens (tertiary/aromatic N) is 1. The van der Waals surface area contributed by atoms with Crippen molar-refractivity contribution in [2.45, 2.75) is 19.4 Å². The van der Waals surface area contributed by atoms with Crippen molar-refractivity contribution < 1.29 is 4.39 Å². The van der Waals surface area contributed by atoms with E-state index in [1.54, 1.807) is 6.07 Å². The highest BCUT2D eigenvalue weighted by Gasteiger charge is 2.22. The molecule has 3 rings (SSSR count). The predicted molar refractivity (Wildman–Crippen MR) is 88.7 cm³/mol. The molecule has 2 aromatic carbocycles. The molecule has 1 N–H and O–H groups in total. The van der Waals surface area contributed by atoms with Crippen LogP contribution < -0.4 is 10.2 Å². The summed E-state index contributed by atoms with van der Waals surface area (Å²) in [5, 5.41) is 3.24. The molecule has 2 nitrogen and oxygen atoms in total.